The van der Waals surface area contributed by atoms with Gasteiger partial charge in [0.2, 0.25) is 10.0 Å². The Morgan fingerprint density at radius 2 is 2.05 bits per heavy atom. The van der Waals surface area contributed by atoms with Gasteiger partial charge in [-0.05, 0) is 46.3 Å². The summed E-state index contributed by atoms with van der Waals surface area (Å²) in [5.74, 6) is 0. The van der Waals surface area contributed by atoms with E-state index in [2.05, 4.69) is 20.7 Å². The molecule has 0 atom stereocenters. The van der Waals surface area contributed by atoms with Gasteiger partial charge in [-0.3, -0.25) is 0 Å². The number of anilines is 1. The van der Waals surface area contributed by atoms with Crippen LogP contribution in [0, 0.1) is 0 Å². The minimum atomic E-state index is -3.59. The molecule has 102 valence electrons. The summed E-state index contributed by atoms with van der Waals surface area (Å²) in [4.78, 5) is 1.01. The van der Waals surface area contributed by atoms with Gasteiger partial charge in [-0.1, -0.05) is 11.6 Å². The molecule has 0 aliphatic rings. The topological polar surface area (TPSA) is 72.2 Å². The molecule has 19 heavy (non-hydrogen) atoms. The Morgan fingerprint density at radius 1 is 1.32 bits per heavy atom. The Morgan fingerprint density at radius 3 is 2.63 bits per heavy atom. The molecule has 1 aromatic heterocycles. The highest BCUT2D eigenvalue weighted by Gasteiger charge is 2.15. The van der Waals surface area contributed by atoms with E-state index in [0.29, 0.717) is 5.69 Å². The van der Waals surface area contributed by atoms with E-state index in [-0.39, 0.29) is 16.5 Å². The first kappa shape index (κ1) is 14.8. The van der Waals surface area contributed by atoms with Gasteiger partial charge in [0.1, 0.15) is 0 Å². The molecule has 3 N–H and O–H groups in total. The van der Waals surface area contributed by atoms with Gasteiger partial charge in [0.15, 0.2) is 0 Å². The highest BCUT2D eigenvalue weighted by atomic mass is 79.9. The molecule has 4 nitrogen and oxygen atoms in total. The molecule has 8 heteroatoms. The zero-order valence-electron chi connectivity index (χ0n) is 9.56. The summed E-state index contributed by atoms with van der Waals surface area (Å²) in [6.45, 7) is 0.237. The first-order valence-corrected chi connectivity index (χ1v) is 8.64. The summed E-state index contributed by atoms with van der Waals surface area (Å²) in [5.41, 5.74) is 5.90. The monoisotopic (exact) mass is 380 g/mol. The molecule has 0 aliphatic heterocycles. The SMILES string of the molecule is Nc1ccc(S(=O)(=O)NCc2ccc(Br)s2)cc1Cl. The van der Waals surface area contributed by atoms with Crippen LogP contribution in [-0.2, 0) is 16.6 Å². The van der Waals surface area contributed by atoms with E-state index in [9.17, 15) is 8.42 Å². The average molecular weight is 382 g/mol. The molecule has 0 saturated heterocycles. The fraction of sp³-hybridized carbons (Fsp3) is 0.0909. The Labute approximate surface area is 128 Å². The van der Waals surface area contributed by atoms with Crippen LogP contribution in [0.2, 0.25) is 5.02 Å². The Balaban J connectivity index is 2.16. The molecule has 0 radical (unpaired) electrons. The number of hydrogen-bond acceptors (Lipinski definition) is 4. The number of hydrogen-bond donors (Lipinski definition) is 2. The van der Waals surface area contributed by atoms with E-state index >= 15 is 0 Å². The number of thiophene rings is 1. The van der Waals surface area contributed by atoms with Crippen molar-refractivity contribution in [3.63, 3.8) is 0 Å². The lowest BCUT2D eigenvalue weighted by molar-refractivity contribution is 0.582. The predicted octanol–water partition coefficient (Wildman–Crippen LogP) is 3.22. The highest BCUT2D eigenvalue weighted by molar-refractivity contribution is 9.11. The molecule has 0 fully saturated rings. The first-order valence-electron chi connectivity index (χ1n) is 5.17. The third-order valence-corrected chi connectivity index (χ3v) is 5.70. The van der Waals surface area contributed by atoms with Crippen molar-refractivity contribution in [2.24, 2.45) is 0 Å². The van der Waals surface area contributed by atoms with Crippen LogP contribution in [0.25, 0.3) is 0 Å². The third kappa shape index (κ3) is 3.70. The number of nitrogen functional groups attached to an aromatic ring is 1. The van der Waals surface area contributed by atoms with Gasteiger partial charge in [-0.25, -0.2) is 13.1 Å². The van der Waals surface area contributed by atoms with Crippen LogP contribution in [0.5, 0.6) is 0 Å². The molecule has 0 bridgehead atoms. The Hall–Kier alpha value is -0.600. The fourth-order valence-corrected chi connectivity index (χ4v) is 4.16. The molecule has 0 spiro atoms. The molecule has 2 rings (SSSR count). The smallest absolute Gasteiger partial charge is 0.240 e. The minimum Gasteiger partial charge on any atom is -0.398 e. The summed E-state index contributed by atoms with van der Waals surface area (Å²) in [7, 11) is -3.59. The summed E-state index contributed by atoms with van der Waals surface area (Å²) in [6.07, 6.45) is 0. The van der Waals surface area contributed by atoms with E-state index in [1.54, 1.807) is 0 Å². The zero-order chi connectivity index (χ0) is 14.0. The fourth-order valence-electron chi connectivity index (χ4n) is 1.37. The number of nitrogens with two attached hydrogens (primary N) is 1. The Kier molecular flexibility index (Phi) is 4.52. The zero-order valence-corrected chi connectivity index (χ0v) is 13.5. The van der Waals surface area contributed by atoms with Crippen molar-refractivity contribution in [2.75, 3.05) is 5.73 Å². The largest absolute Gasteiger partial charge is 0.398 e. The van der Waals surface area contributed by atoms with Crippen molar-refractivity contribution in [1.29, 1.82) is 0 Å². The quantitative estimate of drug-likeness (QED) is 0.799. The van der Waals surface area contributed by atoms with Crippen molar-refractivity contribution in [3.05, 3.63) is 44.0 Å². The number of nitrogens with one attached hydrogen (secondary N) is 1. The van der Waals surface area contributed by atoms with Gasteiger partial charge in [0.05, 0.1) is 19.4 Å². The lowest BCUT2D eigenvalue weighted by Crippen LogP contribution is -2.22. The van der Waals surface area contributed by atoms with Gasteiger partial charge in [0.25, 0.3) is 0 Å². The van der Waals surface area contributed by atoms with Crippen molar-refractivity contribution < 1.29 is 8.42 Å². The molecule has 1 aromatic carbocycles. The normalized spacial score (nSPS) is 11.7. The van der Waals surface area contributed by atoms with Crippen LogP contribution in [0.3, 0.4) is 0 Å². The average Bonchev–Trinajstić information content (AvgIpc) is 2.76. The highest BCUT2D eigenvalue weighted by Crippen LogP contribution is 2.24. The van der Waals surface area contributed by atoms with Crippen LogP contribution in [0.1, 0.15) is 4.88 Å². The second-order valence-corrected chi connectivity index (χ2v) is 8.44. The van der Waals surface area contributed by atoms with Crippen molar-refractivity contribution >= 4 is 54.6 Å². The van der Waals surface area contributed by atoms with Crippen molar-refractivity contribution in [2.45, 2.75) is 11.4 Å². The van der Waals surface area contributed by atoms with Gasteiger partial charge in [-0.2, -0.15) is 0 Å². The molecule has 1 heterocycles. The van der Waals surface area contributed by atoms with Gasteiger partial charge in [0, 0.05) is 11.4 Å². The van der Waals surface area contributed by atoms with E-state index < -0.39 is 10.0 Å². The first-order chi connectivity index (χ1) is 8.88. The van der Waals surface area contributed by atoms with Crippen molar-refractivity contribution in [1.82, 2.24) is 4.72 Å². The maximum Gasteiger partial charge on any atom is 0.240 e. The summed E-state index contributed by atoms with van der Waals surface area (Å²) < 4.78 is 27.6. The second kappa shape index (κ2) is 5.80. The molecule has 0 unspecified atom stereocenters. The Bertz CT molecular complexity index is 700. The molecule has 0 saturated carbocycles. The number of rotatable bonds is 4. The summed E-state index contributed by atoms with van der Waals surface area (Å²) >= 11 is 10.6. The van der Waals surface area contributed by atoms with E-state index in [0.717, 1.165) is 8.66 Å². The predicted molar refractivity (Wildman–Crippen MR) is 81.9 cm³/mol. The van der Waals surface area contributed by atoms with Gasteiger partial charge in [-0.15, -0.1) is 11.3 Å². The van der Waals surface area contributed by atoms with Crippen LogP contribution in [-0.4, -0.2) is 8.42 Å². The number of benzene rings is 1. The van der Waals surface area contributed by atoms with Gasteiger partial charge < -0.3 is 5.73 Å². The van der Waals surface area contributed by atoms with Crippen molar-refractivity contribution in [3.8, 4) is 0 Å². The second-order valence-electron chi connectivity index (χ2n) is 3.71. The van der Waals surface area contributed by atoms with E-state index in [4.69, 9.17) is 17.3 Å². The maximum atomic E-state index is 12.1. The van der Waals surface area contributed by atoms with E-state index in [1.165, 1.54) is 29.5 Å². The standard InChI is InChI=1S/C11H10BrClN2O2S2/c12-11-4-1-7(18-11)6-15-19(16,17)8-2-3-10(14)9(13)5-8/h1-5,15H,6,14H2. The number of halogens is 2. The van der Waals surface area contributed by atoms with Crippen LogP contribution < -0.4 is 10.5 Å². The number of sulfonamides is 1. The molecular formula is C11H10BrClN2O2S2. The van der Waals surface area contributed by atoms with Crippen LogP contribution in [0.15, 0.2) is 39.0 Å². The molecule has 0 aliphatic carbocycles. The van der Waals surface area contributed by atoms with Crippen LogP contribution >= 0.6 is 38.9 Å². The lowest BCUT2D eigenvalue weighted by Gasteiger charge is -2.07. The summed E-state index contributed by atoms with van der Waals surface area (Å²) in [5, 5.41) is 0.224. The summed E-state index contributed by atoms with van der Waals surface area (Å²) in [6, 6.07) is 7.96. The molecular weight excluding hydrogens is 372 g/mol. The maximum absolute atomic E-state index is 12.1. The third-order valence-electron chi connectivity index (χ3n) is 2.35. The van der Waals surface area contributed by atoms with Crippen LogP contribution in [0.4, 0.5) is 5.69 Å². The van der Waals surface area contributed by atoms with E-state index in [1.807, 2.05) is 12.1 Å². The lowest BCUT2D eigenvalue weighted by atomic mass is 10.3. The molecule has 0 amide bonds. The van der Waals surface area contributed by atoms with Gasteiger partial charge >= 0.3 is 0 Å². The molecule has 2 aromatic rings. The minimum absolute atomic E-state index is 0.0994.